The molecule has 1 aromatic heterocycles. The van der Waals surface area contributed by atoms with Gasteiger partial charge in [-0.2, -0.15) is 9.97 Å². The Morgan fingerprint density at radius 1 is 0.894 bits per heavy atom. The van der Waals surface area contributed by atoms with Crippen molar-refractivity contribution < 1.29 is 9.59 Å². The van der Waals surface area contributed by atoms with E-state index in [-0.39, 0.29) is 22.0 Å². The van der Waals surface area contributed by atoms with Crippen LogP contribution >= 0.6 is 0 Å². The summed E-state index contributed by atoms with van der Waals surface area (Å²) < 4.78 is 0. The van der Waals surface area contributed by atoms with Crippen LogP contribution in [0.15, 0.2) is 41.5 Å². The molecular formula is C39H54N6O2. The molecule has 8 rings (SSSR count). The molecular weight excluding hydrogens is 584 g/mol. The van der Waals surface area contributed by atoms with Gasteiger partial charge < -0.3 is 14.7 Å². The second-order valence-electron chi connectivity index (χ2n) is 16.4. The van der Waals surface area contributed by atoms with Crippen LogP contribution < -0.4 is 14.7 Å². The maximum atomic E-state index is 14.6. The molecule has 8 nitrogen and oxygen atoms in total. The zero-order valence-corrected chi connectivity index (χ0v) is 29.1. The fourth-order valence-electron chi connectivity index (χ4n) is 10.9. The largest absolute Gasteiger partial charge is 0.356 e. The van der Waals surface area contributed by atoms with E-state index in [4.69, 9.17) is 9.97 Å². The number of allylic oxidation sites excluding steroid dienone is 6. The SMILES string of the molecule is C[C@@H]1C[C@H]2[C@@H]3CCC4=CC(=O)C=C[C@]4(C)C3=CC[C@]2(C)[C@@]1(C)C(=O)CN1CCN(c2cc(N3CCCC3)nc(N3CCCC3)n2)CC1. The number of carbonyl (C=O) groups is 2. The highest BCUT2D eigenvalue weighted by molar-refractivity contribution is 6.01. The van der Waals surface area contributed by atoms with Crippen LogP contribution in [0, 0.1) is 34.0 Å². The minimum atomic E-state index is -0.353. The summed E-state index contributed by atoms with van der Waals surface area (Å²) in [5.74, 6) is 4.90. The maximum absolute atomic E-state index is 14.6. The lowest BCUT2D eigenvalue weighted by atomic mass is 9.49. The highest BCUT2D eigenvalue weighted by Gasteiger charge is 2.65. The highest BCUT2D eigenvalue weighted by Crippen LogP contribution is 2.69. The Bertz CT molecular complexity index is 1500. The van der Waals surface area contributed by atoms with Crippen molar-refractivity contribution in [2.45, 2.75) is 79.1 Å². The molecule has 5 fully saturated rings. The van der Waals surface area contributed by atoms with Crippen LogP contribution in [0.5, 0.6) is 0 Å². The Morgan fingerprint density at radius 2 is 1.53 bits per heavy atom. The number of hydrogen-bond donors (Lipinski definition) is 0. The number of ketones is 2. The Labute approximate surface area is 281 Å². The summed E-state index contributed by atoms with van der Waals surface area (Å²) >= 11 is 0. The van der Waals surface area contributed by atoms with E-state index < -0.39 is 0 Å². The van der Waals surface area contributed by atoms with E-state index in [1.54, 1.807) is 6.08 Å². The lowest BCUT2D eigenvalue weighted by Gasteiger charge is -2.54. The van der Waals surface area contributed by atoms with Gasteiger partial charge in [0.15, 0.2) is 11.6 Å². The van der Waals surface area contributed by atoms with E-state index in [1.807, 2.05) is 6.08 Å². The first kappa shape index (κ1) is 31.3. The van der Waals surface area contributed by atoms with Crippen molar-refractivity contribution in [2.75, 3.05) is 73.6 Å². The number of Topliss-reactive ketones (excluding diaryl/α,β-unsaturated/α-hetero) is 1. The zero-order chi connectivity index (χ0) is 32.6. The van der Waals surface area contributed by atoms with Gasteiger partial charge in [-0.3, -0.25) is 14.5 Å². The quantitative estimate of drug-likeness (QED) is 0.360. The number of hydrogen-bond acceptors (Lipinski definition) is 8. The number of anilines is 3. The fourth-order valence-corrected chi connectivity index (χ4v) is 10.9. The van der Waals surface area contributed by atoms with E-state index in [9.17, 15) is 9.59 Å². The molecule has 1 aromatic rings. The second kappa shape index (κ2) is 11.6. The summed E-state index contributed by atoms with van der Waals surface area (Å²) in [6.45, 7) is 17.7. The van der Waals surface area contributed by atoms with Crippen molar-refractivity contribution in [3.63, 3.8) is 0 Å². The van der Waals surface area contributed by atoms with Crippen LogP contribution in [0.2, 0.25) is 0 Å². The first-order valence-electron chi connectivity index (χ1n) is 18.6. The standard InChI is InChI=1S/C39H54N6O2/c1-27-23-32-30-10-9-28-24-29(46)11-13-37(28,2)31(30)12-14-38(32,3)39(27,4)33(47)26-42-19-21-44(22-20-42)35-25-34(43-15-5-6-16-43)40-36(41-35)45-17-7-8-18-45/h11-13,24-25,27,30,32H,5-10,14-23,26H2,1-4H3/t27-,30-,32+,37+,38+,39-/m1/s1. The molecule has 0 amide bonds. The van der Waals surface area contributed by atoms with E-state index in [0.717, 1.165) is 95.6 Å². The Balaban J connectivity index is 0.969. The van der Waals surface area contributed by atoms with E-state index >= 15 is 0 Å². The molecule has 0 aromatic carbocycles. The van der Waals surface area contributed by atoms with Crippen molar-refractivity contribution in [3.05, 3.63) is 41.5 Å². The van der Waals surface area contributed by atoms with Gasteiger partial charge in [-0.15, -0.1) is 0 Å². The average Bonchev–Trinajstić information content (AvgIpc) is 3.85. The topological polar surface area (TPSA) is 72.9 Å². The summed E-state index contributed by atoms with van der Waals surface area (Å²) in [6.07, 6.45) is 17.3. The Kier molecular flexibility index (Phi) is 7.69. The molecule has 7 aliphatic rings. The summed E-state index contributed by atoms with van der Waals surface area (Å²) in [5, 5.41) is 0. The van der Waals surface area contributed by atoms with Gasteiger partial charge in [0.1, 0.15) is 11.6 Å². The number of nitrogens with zero attached hydrogens (tertiary/aromatic N) is 6. The normalized spacial score (nSPS) is 37.1. The van der Waals surface area contributed by atoms with Gasteiger partial charge in [0.25, 0.3) is 0 Å². The number of carbonyl (C=O) groups excluding carboxylic acids is 2. The molecule has 0 N–H and O–H groups in total. The van der Waals surface area contributed by atoms with Crippen LogP contribution in [0.4, 0.5) is 17.6 Å². The third-order valence-electron chi connectivity index (χ3n) is 14.3. The van der Waals surface area contributed by atoms with Crippen LogP contribution in [0.3, 0.4) is 0 Å². The predicted octanol–water partition coefficient (Wildman–Crippen LogP) is 5.85. The van der Waals surface area contributed by atoms with Gasteiger partial charge in [0, 0.05) is 69.3 Å². The lowest BCUT2D eigenvalue weighted by molar-refractivity contribution is -0.139. The van der Waals surface area contributed by atoms with E-state index in [1.165, 1.54) is 36.8 Å². The van der Waals surface area contributed by atoms with Gasteiger partial charge in [0.2, 0.25) is 5.95 Å². The number of aromatic nitrogens is 2. The minimum absolute atomic E-state index is 0.0514. The molecule has 252 valence electrons. The molecule has 0 radical (unpaired) electrons. The molecule has 2 saturated carbocycles. The zero-order valence-electron chi connectivity index (χ0n) is 29.1. The lowest BCUT2D eigenvalue weighted by Crippen LogP contribution is -2.54. The third kappa shape index (κ3) is 4.94. The average molecular weight is 639 g/mol. The minimum Gasteiger partial charge on any atom is -0.356 e. The van der Waals surface area contributed by atoms with Crippen molar-refractivity contribution in [1.82, 2.24) is 14.9 Å². The molecule has 4 heterocycles. The molecule has 6 atom stereocenters. The van der Waals surface area contributed by atoms with Crippen LogP contribution in [-0.4, -0.2) is 85.3 Å². The van der Waals surface area contributed by atoms with Gasteiger partial charge in [-0.05, 0) is 93.6 Å². The molecule has 8 heteroatoms. The monoisotopic (exact) mass is 638 g/mol. The Hall–Kier alpha value is -3.00. The van der Waals surface area contributed by atoms with Gasteiger partial charge in [-0.1, -0.05) is 44.1 Å². The summed E-state index contributed by atoms with van der Waals surface area (Å²) in [4.78, 5) is 46.5. The molecule has 4 aliphatic carbocycles. The van der Waals surface area contributed by atoms with E-state index in [2.05, 4.69) is 65.5 Å². The maximum Gasteiger partial charge on any atom is 0.229 e. The number of fused-ring (bicyclic) bond motifs is 5. The fraction of sp³-hybridized carbons (Fsp3) is 0.692. The van der Waals surface area contributed by atoms with Crippen molar-refractivity contribution in [3.8, 4) is 0 Å². The van der Waals surface area contributed by atoms with Gasteiger partial charge >= 0.3 is 0 Å². The molecule has 3 saturated heterocycles. The molecule has 0 bridgehead atoms. The summed E-state index contributed by atoms with van der Waals surface area (Å²) in [7, 11) is 0. The number of piperazine rings is 1. The van der Waals surface area contributed by atoms with Crippen LogP contribution in [0.25, 0.3) is 0 Å². The number of rotatable bonds is 6. The Morgan fingerprint density at radius 3 is 2.21 bits per heavy atom. The predicted molar refractivity (Wildman–Crippen MR) is 188 cm³/mol. The van der Waals surface area contributed by atoms with Gasteiger partial charge in [0.05, 0.1) is 6.54 Å². The molecule has 0 spiro atoms. The smallest absolute Gasteiger partial charge is 0.229 e. The second-order valence-corrected chi connectivity index (χ2v) is 16.4. The van der Waals surface area contributed by atoms with Crippen molar-refractivity contribution in [2.24, 2.45) is 34.0 Å². The highest BCUT2D eigenvalue weighted by atomic mass is 16.1. The summed E-state index contributed by atoms with van der Waals surface area (Å²) in [6, 6.07) is 2.21. The van der Waals surface area contributed by atoms with Crippen LogP contribution in [-0.2, 0) is 9.59 Å². The third-order valence-corrected chi connectivity index (χ3v) is 14.3. The summed E-state index contributed by atoms with van der Waals surface area (Å²) in [5.41, 5.74) is 2.24. The van der Waals surface area contributed by atoms with Gasteiger partial charge in [-0.25, -0.2) is 0 Å². The van der Waals surface area contributed by atoms with Crippen LogP contribution in [0.1, 0.15) is 79.1 Å². The molecule has 0 unspecified atom stereocenters. The molecule has 47 heavy (non-hydrogen) atoms. The first-order chi connectivity index (χ1) is 22.6. The van der Waals surface area contributed by atoms with Crippen molar-refractivity contribution in [1.29, 1.82) is 0 Å². The molecule has 3 aliphatic heterocycles. The van der Waals surface area contributed by atoms with E-state index in [0.29, 0.717) is 30.1 Å². The van der Waals surface area contributed by atoms with Crippen molar-refractivity contribution >= 4 is 29.2 Å². The first-order valence-corrected chi connectivity index (χ1v) is 18.6.